The number of rotatable bonds is 7. The van der Waals surface area contributed by atoms with E-state index in [0.717, 1.165) is 70.1 Å². The Hall–Kier alpha value is -2.57. The van der Waals surface area contributed by atoms with Crippen LogP contribution >= 0.6 is 0 Å². The second-order valence-corrected chi connectivity index (χ2v) is 8.41. The molecule has 0 bridgehead atoms. The molecule has 1 unspecified atom stereocenters. The SMILES string of the molecule is CCNC(=NCCCn1nc2n(c1=O)CCCC2)N1CCC(Cc2ccccc2)C1. The Kier molecular flexibility index (Phi) is 6.87. The van der Waals surface area contributed by atoms with Gasteiger partial charge in [-0.05, 0) is 50.5 Å². The van der Waals surface area contributed by atoms with E-state index in [1.807, 2.05) is 4.57 Å². The third kappa shape index (κ3) is 4.94. The zero-order valence-corrected chi connectivity index (χ0v) is 18.1. The predicted molar refractivity (Wildman–Crippen MR) is 120 cm³/mol. The van der Waals surface area contributed by atoms with Gasteiger partial charge < -0.3 is 10.2 Å². The molecule has 1 N–H and O–H groups in total. The van der Waals surface area contributed by atoms with E-state index in [9.17, 15) is 4.79 Å². The average molecular weight is 411 g/mol. The minimum absolute atomic E-state index is 0.0453. The molecule has 0 saturated carbocycles. The van der Waals surface area contributed by atoms with Crippen molar-refractivity contribution in [2.75, 3.05) is 26.2 Å². The lowest BCUT2D eigenvalue weighted by atomic mass is 9.99. The van der Waals surface area contributed by atoms with Gasteiger partial charge in [-0.25, -0.2) is 9.48 Å². The zero-order chi connectivity index (χ0) is 20.8. The molecular formula is C23H34N6O. The van der Waals surface area contributed by atoms with Gasteiger partial charge >= 0.3 is 5.69 Å². The van der Waals surface area contributed by atoms with Crippen molar-refractivity contribution in [1.82, 2.24) is 24.6 Å². The third-order valence-corrected chi connectivity index (χ3v) is 6.11. The molecule has 2 aliphatic heterocycles. The van der Waals surface area contributed by atoms with Crippen LogP contribution in [-0.4, -0.2) is 51.4 Å². The lowest BCUT2D eigenvalue weighted by molar-refractivity contribution is 0.458. The second-order valence-electron chi connectivity index (χ2n) is 8.41. The van der Waals surface area contributed by atoms with Crippen LogP contribution in [0.1, 0.15) is 44.0 Å². The van der Waals surface area contributed by atoms with Crippen molar-refractivity contribution in [3.63, 3.8) is 0 Å². The Morgan fingerprint density at radius 3 is 2.90 bits per heavy atom. The van der Waals surface area contributed by atoms with Crippen LogP contribution in [0.15, 0.2) is 40.1 Å². The average Bonchev–Trinajstić information content (AvgIpc) is 3.36. The molecule has 30 heavy (non-hydrogen) atoms. The standard InChI is InChI=1S/C23H34N6O/c1-2-24-22(27-16-12-20(18-27)17-19-9-4-3-5-10-19)25-13-8-15-29-23(30)28-14-7-6-11-21(28)26-29/h3-5,9-10,20H,2,6-8,11-18H2,1H3,(H,24,25). The number of hydrogen-bond acceptors (Lipinski definition) is 3. The molecule has 7 nitrogen and oxygen atoms in total. The summed E-state index contributed by atoms with van der Waals surface area (Å²) in [5, 5.41) is 7.97. The van der Waals surface area contributed by atoms with Crippen LogP contribution in [0.5, 0.6) is 0 Å². The number of benzene rings is 1. The number of aliphatic imine (C=N–C) groups is 1. The quantitative estimate of drug-likeness (QED) is 0.432. The van der Waals surface area contributed by atoms with Gasteiger partial charge in [0, 0.05) is 45.7 Å². The van der Waals surface area contributed by atoms with Crippen LogP contribution < -0.4 is 11.0 Å². The Morgan fingerprint density at radius 1 is 1.23 bits per heavy atom. The van der Waals surface area contributed by atoms with E-state index in [1.165, 1.54) is 12.0 Å². The van der Waals surface area contributed by atoms with E-state index in [-0.39, 0.29) is 5.69 Å². The first-order chi connectivity index (χ1) is 14.7. The number of nitrogens with one attached hydrogen (secondary N) is 1. The van der Waals surface area contributed by atoms with Crippen molar-refractivity contribution in [3.8, 4) is 0 Å². The first kappa shape index (κ1) is 20.7. The molecule has 1 aromatic carbocycles. The fourth-order valence-corrected chi connectivity index (χ4v) is 4.56. The van der Waals surface area contributed by atoms with E-state index in [0.29, 0.717) is 19.0 Å². The summed E-state index contributed by atoms with van der Waals surface area (Å²) in [5.41, 5.74) is 1.46. The van der Waals surface area contributed by atoms with Crippen LogP contribution in [0, 0.1) is 5.92 Å². The molecule has 162 valence electrons. The Bertz CT molecular complexity index is 900. The van der Waals surface area contributed by atoms with Crippen LogP contribution in [0.3, 0.4) is 0 Å². The number of fused-ring (bicyclic) bond motifs is 1. The first-order valence-corrected chi connectivity index (χ1v) is 11.5. The van der Waals surface area contributed by atoms with Gasteiger partial charge in [-0.1, -0.05) is 30.3 Å². The normalized spacial score (nSPS) is 19.2. The van der Waals surface area contributed by atoms with Crippen molar-refractivity contribution < 1.29 is 0 Å². The fourth-order valence-electron chi connectivity index (χ4n) is 4.56. The molecular weight excluding hydrogens is 376 g/mol. The molecule has 1 saturated heterocycles. The van der Waals surface area contributed by atoms with Gasteiger partial charge in [-0.2, -0.15) is 5.10 Å². The lowest BCUT2D eigenvalue weighted by Crippen LogP contribution is -2.40. The topological polar surface area (TPSA) is 67.5 Å². The summed E-state index contributed by atoms with van der Waals surface area (Å²) >= 11 is 0. The van der Waals surface area contributed by atoms with Crippen molar-refractivity contribution in [2.24, 2.45) is 10.9 Å². The van der Waals surface area contributed by atoms with Gasteiger partial charge in [-0.15, -0.1) is 0 Å². The maximum atomic E-state index is 12.4. The molecule has 1 atom stereocenters. The predicted octanol–water partition coefficient (Wildman–Crippen LogP) is 2.30. The summed E-state index contributed by atoms with van der Waals surface area (Å²) in [4.78, 5) is 19.7. The highest BCUT2D eigenvalue weighted by Gasteiger charge is 2.25. The Labute approximate surface area is 178 Å². The highest BCUT2D eigenvalue weighted by atomic mass is 16.2. The largest absolute Gasteiger partial charge is 0.357 e. The molecule has 0 radical (unpaired) electrons. The Balaban J connectivity index is 1.30. The fraction of sp³-hybridized carbons (Fsp3) is 0.609. The second kappa shape index (κ2) is 9.96. The van der Waals surface area contributed by atoms with E-state index in [1.54, 1.807) is 4.68 Å². The maximum Gasteiger partial charge on any atom is 0.345 e. The summed E-state index contributed by atoms with van der Waals surface area (Å²) < 4.78 is 3.47. The van der Waals surface area contributed by atoms with Gasteiger partial charge in [0.15, 0.2) is 5.96 Å². The zero-order valence-electron chi connectivity index (χ0n) is 18.1. The highest BCUT2D eigenvalue weighted by Crippen LogP contribution is 2.21. The molecule has 7 heteroatoms. The van der Waals surface area contributed by atoms with Gasteiger partial charge in [-0.3, -0.25) is 9.56 Å². The minimum atomic E-state index is 0.0453. The maximum absolute atomic E-state index is 12.4. The molecule has 4 rings (SSSR count). The van der Waals surface area contributed by atoms with Gasteiger partial charge in [0.2, 0.25) is 0 Å². The van der Waals surface area contributed by atoms with Crippen molar-refractivity contribution in [3.05, 3.63) is 52.2 Å². The molecule has 1 fully saturated rings. The Morgan fingerprint density at radius 2 is 2.10 bits per heavy atom. The number of aromatic nitrogens is 3. The van der Waals surface area contributed by atoms with Crippen LogP contribution in [-0.2, 0) is 25.9 Å². The number of guanidine groups is 1. The summed E-state index contributed by atoms with van der Waals surface area (Å²) in [6, 6.07) is 10.8. The third-order valence-electron chi connectivity index (χ3n) is 6.11. The van der Waals surface area contributed by atoms with Gasteiger partial charge in [0.25, 0.3) is 0 Å². The molecule has 3 heterocycles. The summed E-state index contributed by atoms with van der Waals surface area (Å²) in [7, 11) is 0. The van der Waals surface area contributed by atoms with Crippen LogP contribution in [0.25, 0.3) is 0 Å². The van der Waals surface area contributed by atoms with Crippen LogP contribution in [0.4, 0.5) is 0 Å². The highest BCUT2D eigenvalue weighted by molar-refractivity contribution is 5.80. The van der Waals surface area contributed by atoms with E-state index in [2.05, 4.69) is 52.6 Å². The monoisotopic (exact) mass is 410 g/mol. The van der Waals surface area contributed by atoms with Crippen LogP contribution in [0.2, 0.25) is 0 Å². The van der Waals surface area contributed by atoms with Crippen molar-refractivity contribution in [1.29, 1.82) is 0 Å². The first-order valence-electron chi connectivity index (χ1n) is 11.5. The van der Waals surface area contributed by atoms with E-state index in [4.69, 9.17) is 4.99 Å². The number of aryl methyl sites for hydroxylation is 2. The van der Waals surface area contributed by atoms with Crippen molar-refractivity contribution >= 4 is 5.96 Å². The smallest absolute Gasteiger partial charge is 0.345 e. The molecule has 1 aromatic heterocycles. The minimum Gasteiger partial charge on any atom is -0.357 e. The molecule has 0 spiro atoms. The molecule has 0 aliphatic carbocycles. The summed E-state index contributed by atoms with van der Waals surface area (Å²) in [5.74, 6) is 2.63. The van der Waals surface area contributed by atoms with Crippen molar-refractivity contribution in [2.45, 2.75) is 58.5 Å². The molecule has 2 aromatic rings. The summed E-state index contributed by atoms with van der Waals surface area (Å²) in [6.45, 7) is 7.24. The van der Waals surface area contributed by atoms with E-state index >= 15 is 0 Å². The van der Waals surface area contributed by atoms with E-state index < -0.39 is 0 Å². The number of hydrogen-bond donors (Lipinski definition) is 1. The summed E-state index contributed by atoms with van der Waals surface area (Å²) in [6.07, 6.45) is 6.29. The van der Waals surface area contributed by atoms with Gasteiger partial charge in [0.1, 0.15) is 5.82 Å². The molecule has 0 amide bonds. The van der Waals surface area contributed by atoms with Gasteiger partial charge in [0.05, 0.1) is 0 Å². The molecule has 2 aliphatic rings. The lowest BCUT2D eigenvalue weighted by Gasteiger charge is -2.21. The number of nitrogens with zero attached hydrogens (tertiary/aromatic N) is 5. The number of likely N-dealkylation sites (tertiary alicyclic amines) is 1.